The second kappa shape index (κ2) is 11.0. The molecular formula is C19H27N3. The summed E-state index contributed by atoms with van der Waals surface area (Å²) >= 11 is 0. The van der Waals surface area contributed by atoms with Crippen molar-refractivity contribution in [1.29, 1.82) is 0 Å². The standard InChI is InChI=1S/C19H27N3/c1-3-8-18(9-4-1)16-21-13-7-12-20-14-15-22-17-19-10-5-2-6-11-19/h1-6,8-11,20-22H,7,12-17H2. The molecule has 0 bridgehead atoms. The SMILES string of the molecule is c1ccc(CNCCCNCCNCc2ccccc2)cc1. The third kappa shape index (κ3) is 7.36. The zero-order valence-electron chi connectivity index (χ0n) is 13.2. The first-order chi connectivity index (χ1) is 10.9. The number of rotatable bonds is 11. The molecule has 0 unspecified atom stereocenters. The lowest BCUT2D eigenvalue weighted by atomic mass is 10.2. The molecule has 2 aromatic rings. The molecule has 0 atom stereocenters. The summed E-state index contributed by atoms with van der Waals surface area (Å²) in [6.45, 7) is 6.05. The van der Waals surface area contributed by atoms with E-state index in [2.05, 4.69) is 76.6 Å². The fourth-order valence-corrected chi connectivity index (χ4v) is 2.30. The van der Waals surface area contributed by atoms with E-state index in [1.165, 1.54) is 11.1 Å². The van der Waals surface area contributed by atoms with E-state index in [0.717, 1.165) is 45.7 Å². The molecule has 0 aromatic heterocycles. The molecule has 2 rings (SSSR count). The van der Waals surface area contributed by atoms with Gasteiger partial charge in [0.25, 0.3) is 0 Å². The predicted molar refractivity (Wildman–Crippen MR) is 93.8 cm³/mol. The summed E-state index contributed by atoms with van der Waals surface area (Å²) in [6, 6.07) is 21.1. The van der Waals surface area contributed by atoms with Gasteiger partial charge in [-0.1, -0.05) is 60.7 Å². The fourth-order valence-electron chi connectivity index (χ4n) is 2.30. The molecule has 0 aliphatic rings. The first kappa shape index (κ1) is 16.7. The average molecular weight is 297 g/mol. The highest BCUT2D eigenvalue weighted by Gasteiger charge is 1.93. The largest absolute Gasteiger partial charge is 0.315 e. The summed E-state index contributed by atoms with van der Waals surface area (Å²) in [4.78, 5) is 0. The van der Waals surface area contributed by atoms with E-state index in [-0.39, 0.29) is 0 Å². The first-order valence-corrected chi connectivity index (χ1v) is 8.15. The Balaban J connectivity index is 1.37. The van der Waals surface area contributed by atoms with Crippen molar-refractivity contribution < 1.29 is 0 Å². The van der Waals surface area contributed by atoms with E-state index in [1.54, 1.807) is 0 Å². The van der Waals surface area contributed by atoms with Gasteiger partial charge in [-0.25, -0.2) is 0 Å². The lowest BCUT2D eigenvalue weighted by Gasteiger charge is -2.08. The molecule has 0 heterocycles. The molecule has 0 spiro atoms. The van der Waals surface area contributed by atoms with E-state index in [1.807, 2.05) is 0 Å². The molecule has 3 N–H and O–H groups in total. The Kier molecular flexibility index (Phi) is 8.32. The Morgan fingerprint density at radius 3 is 1.55 bits per heavy atom. The van der Waals surface area contributed by atoms with Crippen LogP contribution in [-0.2, 0) is 13.1 Å². The van der Waals surface area contributed by atoms with Crippen LogP contribution in [0.5, 0.6) is 0 Å². The quantitative estimate of drug-likeness (QED) is 0.558. The zero-order valence-corrected chi connectivity index (χ0v) is 13.2. The number of nitrogens with one attached hydrogen (secondary N) is 3. The molecule has 0 saturated carbocycles. The van der Waals surface area contributed by atoms with Gasteiger partial charge in [0.15, 0.2) is 0 Å². The summed E-state index contributed by atoms with van der Waals surface area (Å²) in [5.41, 5.74) is 2.69. The summed E-state index contributed by atoms with van der Waals surface area (Å²) in [5.74, 6) is 0. The number of hydrogen-bond acceptors (Lipinski definition) is 3. The minimum absolute atomic E-state index is 0.946. The molecule has 0 saturated heterocycles. The molecule has 3 heteroatoms. The van der Waals surface area contributed by atoms with Crippen molar-refractivity contribution in [3.63, 3.8) is 0 Å². The van der Waals surface area contributed by atoms with Gasteiger partial charge in [0, 0.05) is 26.2 Å². The van der Waals surface area contributed by atoms with Crippen LogP contribution in [0.15, 0.2) is 60.7 Å². The molecule has 118 valence electrons. The Hall–Kier alpha value is -1.68. The molecular weight excluding hydrogens is 270 g/mol. The summed E-state index contributed by atoms with van der Waals surface area (Å²) in [6.07, 6.45) is 1.16. The Morgan fingerprint density at radius 2 is 0.955 bits per heavy atom. The normalized spacial score (nSPS) is 10.7. The average Bonchev–Trinajstić information content (AvgIpc) is 2.58. The molecule has 3 nitrogen and oxygen atoms in total. The lowest BCUT2D eigenvalue weighted by Crippen LogP contribution is -2.29. The van der Waals surface area contributed by atoms with Crippen molar-refractivity contribution in [3.05, 3.63) is 71.8 Å². The Labute approximate surface area is 134 Å². The zero-order chi connectivity index (χ0) is 15.3. The minimum atomic E-state index is 0.946. The fraction of sp³-hybridized carbons (Fsp3) is 0.368. The summed E-state index contributed by atoms with van der Waals surface area (Å²) < 4.78 is 0. The monoisotopic (exact) mass is 297 g/mol. The minimum Gasteiger partial charge on any atom is -0.315 e. The van der Waals surface area contributed by atoms with Crippen molar-refractivity contribution >= 4 is 0 Å². The highest BCUT2D eigenvalue weighted by molar-refractivity contribution is 5.14. The van der Waals surface area contributed by atoms with E-state index >= 15 is 0 Å². The van der Waals surface area contributed by atoms with Crippen LogP contribution in [0.2, 0.25) is 0 Å². The molecule has 0 amide bonds. The number of benzene rings is 2. The van der Waals surface area contributed by atoms with Gasteiger partial charge in [0.2, 0.25) is 0 Å². The molecule has 0 aliphatic heterocycles. The second-order valence-electron chi connectivity index (χ2n) is 5.43. The van der Waals surface area contributed by atoms with Gasteiger partial charge in [0.1, 0.15) is 0 Å². The third-order valence-electron chi connectivity index (χ3n) is 3.53. The van der Waals surface area contributed by atoms with E-state index in [0.29, 0.717) is 0 Å². The molecule has 0 radical (unpaired) electrons. The summed E-state index contributed by atoms with van der Waals surface area (Å²) in [5, 5.41) is 10.4. The smallest absolute Gasteiger partial charge is 0.0206 e. The maximum absolute atomic E-state index is 3.47. The van der Waals surface area contributed by atoms with E-state index in [9.17, 15) is 0 Å². The van der Waals surface area contributed by atoms with Crippen molar-refractivity contribution in [2.24, 2.45) is 0 Å². The second-order valence-corrected chi connectivity index (χ2v) is 5.43. The Morgan fingerprint density at radius 1 is 0.500 bits per heavy atom. The van der Waals surface area contributed by atoms with Crippen LogP contribution >= 0.6 is 0 Å². The third-order valence-corrected chi connectivity index (χ3v) is 3.53. The van der Waals surface area contributed by atoms with Crippen molar-refractivity contribution in [1.82, 2.24) is 16.0 Å². The highest BCUT2D eigenvalue weighted by atomic mass is 14.9. The molecule has 0 fully saturated rings. The van der Waals surface area contributed by atoms with Crippen molar-refractivity contribution in [2.75, 3.05) is 26.2 Å². The van der Waals surface area contributed by atoms with Gasteiger partial charge < -0.3 is 16.0 Å². The van der Waals surface area contributed by atoms with Crippen LogP contribution in [-0.4, -0.2) is 26.2 Å². The van der Waals surface area contributed by atoms with Gasteiger partial charge >= 0.3 is 0 Å². The van der Waals surface area contributed by atoms with E-state index in [4.69, 9.17) is 0 Å². The van der Waals surface area contributed by atoms with Crippen LogP contribution in [0.4, 0.5) is 0 Å². The van der Waals surface area contributed by atoms with Gasteiger partial charge in [-0.15, -0.1) is 0 Å². The van der Waals surface area contributed by atoms with Crippen LogP contribution < -0.4 is 16.0 Å². The van der Waals surface area contributed by atoms with Crippen LogP contribution in [0, 0.1) is 0 Å². The predicted octanol–water partition coefficient (Wildman–Crippen LogP) is 2.55. The van der Waals surface area contributed by atoms with Gasteiger partial charge in [0.05, 0.1) is 0 Å². The molecule has 0 aliphatic carbocycles. The van der Waals surface area contributed by atoms with Gasteiger partial charge in [-0.05, 0) is 30.6 Å². The van der Waals surface area contributed by atoms with Gasteiger partial charge in [-0.2, -0.15) is 0 Å². The van der Waals surface area contributed by atoms with Gasteiger partial charge in [-0.3, -0.25) is 0 Å². The lowest BCUT2D eigenvalue weighted by molar-refractivity contribution is 0.572. The van der Waals surface area contributed by atoms with E-state index < -0.39 is 0 Å². The Bertz CT molecular complexity index is 437. The topological polar surface area (TPSA) is 36.1 Å². The maximum Gasteiger partial charge on any atom is 0.0206 e. The molecule has 22 heavy (non-hydrogen) atoms. The van der Waals surface area contributed by atoms with Crippen molar-refractivity contribution in [2.45, 2.75) is 19.5 Å². The van der Waals surface area contributed by atoms with Crippen LogP contribution in [0.3, 0.4) is 0 Å². The first-order valence-electron chi connectivity index (χ1n) is 8.15. The van der Waals surface area contributed by atoms with Crippen LogP contribution in [0.25, 0.3) is 0 Å². The highest BCUT2D eigenvalue weighted by Crippen LogP contribution is 1.97. The van der Waals surface area contributed by atoms with Crippen molar-refractivity contribution in [3.8, 4) is 0 Å². The number of hydrogen-bond donors (Lipinski definition) is 3. The summed E-state index contributed by atoms with van der Waals surface area (Å²) in [7, 11) is 0. The van der Waals surface area contributed by atoms with Crippen LogP contribution in [0.1, 0.15) is 17.5 Å². The molecule has 2 aromatic carbocycles. The maximum atomic E-state index is 3.47.